The molecule has 1 heterocycles. The summed E-state index contributed by atoms with van der Waals surface area (Å²) in [6.07, 6.45) is 4.23. The molecule has 3 rings (SSSR count). The van der Waals surface area contributed by atoms with Crippen molar-refractivity contribution in [1.82, 2.24) is 14.9 Å². The molecule has 1 aliphatic heterocycles. The summed E-state index contributed by atoms with van der Waals surface area (Å²) in [5, 5.41) is 5.20. The second kappa shape index (κ2) is 11.9. The van der Waals surface area contributed by atoms with Gasteiger partial charge in [-0.05, 0) is 61.9 Å². The lowest BCUT2D eigenvalue weighted by molar-refractivity contribution is -0.139. The number of rotatable bonds is 9. The Morgan fingerprint density at radius 3 is 2.30 bits per heavy atom. The van der Waals surface area contributed by atoms with E-state index in [4.69, 9.17) is 0 Å². The quantitative estimate of drug-likeness (QED) is 0.431. The lowest BCUT2D eigenvalue weighted by Gasteiger charge is -2.34. The van der Waals surface area contributed by atoms with Crippen molar-refractivity contribution >= 4 is 21.8 Å². The highest BCUT2D eigenvalue weighted by molar-refractivity contribution is 7.89. The van der Waals surface area contributed by atoms with Crippen molar-refractivity contribution in [3.63, 3.8) is 0 Å². The van der Waals surface area contributed by atoms with Crippen LogP contribution in [0.3, 0.4) is 0 Å². The van der Waals surface area contributed by atoms with Crippen molar-refractivity contribution in [2.45, 2.75) is 49.5 Å². The summed E-state index contributed by atoms with van der Waals surface area (Å²) >= 11 is 0. The summed E-state index contributed by atoms with van der Waals surface area (Å²) < 4.78 is 40.7. The minimum Gasteiger partial charge on any atom is -0.348 e. The number of aryl methyl sites for hydroxylation is 1. The van der Waals surface area contributed by atoms with Gasteiger partial charge in [-0.25, -0.2) is 12.8 Å². The van der Waals surface area contributed by atoms with Crippen molar-refractivity contribution in [3.05, 3.63) is 66.0 Å². The molecule has 2 aromatic carbocycles. The van der Waals surface area contributed by atoms with E-state index in [1.165, 1.54) is 22.0 Å². The fourth-order valence-electron chi connectivity index (χ4n) is 3.97. The minimum absolute atomic E-state index is 0.0507. The van der Waals surface area contributed by atoms with Gasteiger partial charge in [0, 0.05) is 25.7 Å². The molecule has 1 aliphatic rings. The van der Waals surface area contributed by atoms with Crippen LogP contribution in [0.2, 0.25) is 0 Å². The van der Waals surface area contributed by atoms with Crippen molar-refractivity contribution in [1.29, 1.82) is 0 Å². The molecule has 1 saturated heterocycles. The van der Waals surface area contributed by atoms with Gasteiger partial charge >= 0.3 is 11.8 Å². The number of nitrogens with one attached hydrogen (secondary N) is 2. The molecule has 7 nitrogen and oxygen atoms in total. The summed E-state index contributed by atoms with van der Waals surface area (Å²) in [5.74, 6) is -1.91. The van der Waals surface area contributed by atoms with Crippen LogP contribution in [0.4, 0.5) is 4.39 Å². The smallest absolute Gasteiger partial charge is 0.309 e. The van der Waals surface area contributed by atoms with Crippen LogP contribution in [-0.2, 0) is 26.0 Å². The lowest BCUT2D eigenvalue weighted by Crippen LogP contribution is -2.46. The lowest BCUT2D eigenvalue weighted by atomic mass is 10.0. The zero-order valence-corrected chi connectivity index (χ0v) is 19.3. The van der Waals surface area contributed by atoms with Gasteiger partial charge in [0.15, 0.2) is 0 Å². The first-order valence-electron chi connectivity index (χ1n) is 11.3. The molecule has 1 atom stereocenters. The molecule has 0 aliphatic carbocycles. The van der Waals surface area contributed by atoms with Crippen LogP contribution in [0.5, 0.6) is 0 Å². The standard InChI is InChI=1S/C24H30FN3O4S/c25-20-11-13-22(14-12-20)33(31,32)28-18-5-4-10-21(28)15-17-27-24(30)23(29)26-16-6-9-19-7-2-1-3-8-19/h1-3,7-8,11-14,21H,4-6,9-10,15-18H2,(H,26,29)(H,27,30). The van der Waals surface area contributed by atoms with E-state index in [0.29, 0.717) is 25.9 Å². The third-order valence-electron chi connectivity index (χ3n) is 5.73. The summed E-state index contributed by atoms with van der Waals surface area (Å²) in [4.78, 5) is 24.2. The summed E-state index contributed by atoms with van der Waals surface area (Å²) in [6, 6.07) is 14.4. The Labute approximate surface area is 194 Å². The number of hydrogen-bond acceptors (Lipinski definition) is 4. The van der Waals surface area contributed by atoms with Crippen LogP contribution >= 0.6 is 0 Å². The van der Waals surface area contributed by atoms with Crippen LogP contribution in [0.1, 0.15) is 37.7 Å². The Bertz CT molecular complexity index is 1030. The molecule has 1 fully saturated rings. The maximum Gasteiger partial charge on any atom is 0.309 e. The van der Waals surface area contributed by atoms with E-state index in [-0.39, 0.29) is 17.5 Å². The predicted octanol–water partition coefficient (Wildman–Crippen LogP) is 2.62. The van der Waals surface area contributed by atoms with Gasteiger partial charge in [-0.3, -0.25) is 9.59 Å². The molecule has 2 amide bonds. The summed E-state index contributed by atoms with van der Waals surface area (Å²) in [7, 11) is -3.76. The van der Waals surface area contributed by atoms with Gasteiger partial charge in [0.05, 0.1) is 4.90 Å². The van der Waals surface area contributed by atoms with Crippen LogP contribution in [-0.4, -0.2) is 50.2 Å². The van der Waals surface area contributed by atoms with E-state index < -0.39 is 27.7 Å². The second-order valence-electron chi connectivity index (χ2n) is 8.11. The maximum atomic E-state index is 13.2. The topological polar surface area (TPSA) is 95.6 Å². The molecule has 2 N–H and O–H groups in total. The highest BCUT2D eigenvalue weighted by Gasteiger charge is 2.33. The molecule has 0 bridgehead atoms. The maximum absolute atomic E-state index is 13.2. The average Bonchev–Trinajstić information content (AvgIpc) is 2.83. The molecule has 0 radical (unpaired) electrons. The van der Waals surface area contributed by atoms with E-state index in [9.17, 15) is 22.4 Å². The number of benzene rings is 2. The Morgan fingerprint density at radius 2 is 1.61 bits per heavy atom. The van der Waals surface area contributed by atoms with Crippen molar-refractivity contribution in [2.24, 2.45) is 0 Å². The summed E-state index contributed by atoms with van der Waals surface area (Å²) in [6.45, 7) is 0.962. The number of amides is 2. The molecule has 0 saturated carbocycles. The number of halogens is 1. The van der Waals surface area contributed by atoms with E-state index in [2.05, 4.69) is 10.6 Å². The van der Waals surface area contributed by atoms with Gasteiger partial charge in [-0.1, -0.05) is 36.8 Å². The molecule has 2 aromatic rings. The number of piperidine rings is 1. The van der Waals surface area contributed by atoms with Gasteiger partial charge < -0.3 is 10.6 Å². The van der Waals surface area contributed by atoms with E-state index in [0.717, 1.165) is 37.8 Å². The highest BCUT2D eigenvalue weighted by atomic mass is 32.2. The van der Waals surface area contributed by atoms with Crippen LogP contribution in [0.15, 0.2) is 59.5 Å². The molecule has 9 heteroatoms. The first-order chi connectivity index (χ1) is 15.9. The van der Waals surface area contributed by atoms with Crippen LogP contribution < -0.4 is 10.6 Å². The predicted molar refractivity (Wildman–Crippen MR) is 123 cm³/mol. The zero-order chi connectivity index (χ0) is 23.7. The SMILES string of the molecule is O=C(NCCCc1ccccc1)C(=O)NCCC1CCCCN1S(=O)(=O)c1ccc(F)cc1. The second-order valence-corrected chi connectivity index (χ2v) is 10.00. The van der Waals surface area contributed by atoms with Gasteiger partial charge in [-0.2, -0.15) is 4.31 Å². The minimum atomic E-state index is -3.76. The van der Waals surface area contributed by atoms with E-state index >= 15 is 0 Å². The largest absolute Gasteiger partial charge is 0.348 e. The Morgan fingerprint density at radius 1 is 0.939 bits per heavy atom. The average molecular weight is 476 g/mol. The number of nitrogens with zero attached hydrogens (tertiary/aromatic N) is 1. The third-order valence-corrected chi connectivity index (χ3v) is 7.70. The highest BCUT2D eigenvalue weighted by Crippen LogP contribution is 2.27. The third kappa shape index (κ3) is 7.10. The molecule has 0 spiro atoms. The number of sulfonamides is 1. The van der Waals surface area contributed by atoms with Crippen LogP contribution in [0, 0.1) is 5.82 Å². The number of carbonyl (C=O) groups is 2. The zero-order valence-electron chi connectivity index (χ0n) is 18.5. The fourth-order valence-corrected chi connectivity index (χ4v) is 5.70. The van der Waals surface area contributed by atoms with Crippen molar-refractivity contribution < 1.29 is 22.4 Å². The Hall–Kier alpha value is -2.78. The first kappa shape index (κ1) is 24.9. The molecule has 33 heavy (non-hydrogen) atoms. The Balaban J connectivity index is 1.44. The van der Waals surface area contributed by atoms with Gasteiger partial charge in [-0.15, -0.1) is 0 Å². The first-order valence-corrected chi connectivity index (χ1v) is 12.7. The Kier molecular flexibility index (Phi) is 8.96. The number of hydrogen-bond donors (Lipinski definition) is 2. The summed E-state index contributed by atoms with van der Waals surface area (Å²) in [5.41, 5.74) is 1.17. The molecule has 0 aromatic heterocycles. The van der Waals surface area contributed by atoms with Gasteiger partial charge in [0.2, 0.25) is 10.0 Å². The number of carbonyl (C=O) groups excluding carboxylic acids is 2. The monoisotopic (exact) mass is 475 g/mol. The normalized spacial score (nSPS) is 16.8. The van der Waals surface area contributed by atoms with Crippen LogP contribution in [0.25, 0.3) is 0 Å². The van der Waals surface area contributed by atoms with E-state index in [1.54, 1.807) is 0 Å². The van der Waals surface area contributed by atoms with Gasteiger partial charge in [0.25, 0.3) is 0 Å². The molecule has 178 valence electrons. The van der Waals surface area contributed by atoms with Crippen molar-refractivity contribution in [2.75, 3.05) is 19.6 Å². The fraction of sp³-hybridized carbons (Fsp3) is 0.417. The van der Waals surface area contributed by atoms with Crippen molar-refractivity contribution in [3.8, 4) is 0 Å². The van der Waals surface area contributed by atoms with E-state index in [1.807, 2.05) is 30.3 Å². The molecule has 1 unspecified atom stereocenters. The molecular weight excluding hydrogens is 445 g/mol. The molecular formula is C24H30FN3O4S. The van der Waals surface area contributed by atoms with Gasteiger partial charge in [0.1, 0.15) is 5.82 Å².